The zero-order valence-electron chi connectivity index (χ0n) is 9.66. The average molecular weight is 258 g/mol. The van der Waals surface area contributed by atoms with Crippen molar-refractivity contribution in [2.45, 2.75) is 19.8 Å². The van der Waals surface area contributed by atoms with Gasteiger partial charge < -0.3 is 35.2 Å². The van der Waals surface area contributed by atoms with E-state index in [4.69, 9.17) is 24.8 Å². The van der Waals surface area contributed by atoms with Gasteiger partial charge in [-0.1, -0.05) is 17.7 Å². The Hall–Kier alpha value is 1.03. The van der Waals surface area contributed by atoms with Crippen LogP contribution in [0.1, 0.15) is 19.8 Å². The summed E-state index contributed by atoms with van der Waals surface area (Å²) in [5.74, 6) is 0. The van der Waals surface area contributed by atoms with E-state index in [1.54, 1.807) is 0 Å². The molecule has 0 unspecified atom stereocenters. The summed E-state index contributed by atoms with van der Waals surface area (Å²) in [5.41, 5.74) is 0. The first-order chi connectivity index (χ1) is 6.24. The first-order valence-electron chi connectivity index (χ1n) is 4.92. The molecule has 0 radical (unpaired) electrons. The van der Waals surface area contributed by atoms with Crippen LogP contribution in [0.2, 0.25) is 0 Å². The van der Waals surface area contributed by atoms with Gasteiger partial charge in [0.15, 0.2) is 0 Å². The molecular weight excluding hydrogens is 239 g/mol. The van der Waals surface area contributed by atoms with Crippen molar-refractivity contribution in [3.05, 3.63) is 0 Å². The van der Waals surface area contributed by atoms with Crippen LogP contribution in [0.4, 0.5) is 0 Å². The van der Waals surface area contributed by atoms with E-state index in [0.717, 1.165) is 26.2 Å². The van der Waals surface area contributed by atoms with E-state index in [0.29, 0.717) is 4.32 Å². The summed E-state index contributed by atoms with van der Waals surface area (Å²) < 4.78 is 0.634. The molecule has 1 saturated heterocycles. The van der Waals surface area contributed by atoms with E-state index in [1.165, 1.54) is 19.4 Å². The zero-order chi connectivity index (χ0) is 9.68. The Kier molecular flexibility index (Phi) is 12.5. The molecule has 1 aliphatic heterocycles. The van der Waals surface area contributed by atoms with E-state index in [1.807, 2.05) is 0 Å². The van der Waals surface area contributed by atoms with Crippen LogP contribution in [0.5, 0.6) is 0 Å². The Labute approximate surface area is 126 Å². The van der Waals surface area contributed by atoms with Crippen LogP contribution < -0.4 is 29.6 Å². The van der Waals surface area contributed by atoms with Crippen LogP contribution in [0.25, 0.3) is 0 Å². The van der Waals surface area contributed by atoms with E-state index in [9.17, 15) is 0 Å². The molecule has 1 heterocycles. The third-order valence-electron chi connectivity index (χ3n) is 2.46. The first kappa shape index (κ1) is 18.4. The van der Waals surface area contributed by atoms with Gasteiger partial charge in [-0.15, -0.1) is 0 Å². The standard InChI is InChI=1S/C9H18N2S2.Na.H2O/c1-2-3-4-10-5-7-11(8-6-10)9(12)13;;/h2-8H2,1H3,(H,12,13);;1H2/q;+1;/p-1. The summed E-state index contributed by atoms with van der Waals surface area (Å²) in [4.78, 5) is 4.61. The SMILES string of the molecule is CCCCN1CCN(C(=S)[S-])CC1.O.[Na+]. The third-order valence-corrected chi connectivity index (χ3v) is 2.97. The van der Waals surface area contributed by atoms with Crippen LogP contribution in [0, 0.1) is 0 Å². The molecular formula is C9H19N2NaOS2. The maximum Gasteiger partial charge on any atom is 1.00 e. The number of hydrogen-bond donors (Lipinski definition) is 0. The first-order valence-corrected chi connectivity index (χ1v) is 5.74. The van der Waals surface area contributed by atoms with Crippen molar-refractivity contribution in [3.63, 3.8) is 0 Å². The molecule has 6 heteroatoms. The van der Waals surface area contributed by atoms with Crippen molar-refractivity contribution >= 4 is 29.2 Å². The van der Waals surface area contributed by atoms with Crippen molar-refractivity contribution in [1.82, 2.24) is 9.80 Å². The predicted molar refractivity (Wildman–Crippen MR) is 66.5 cm³/mol. The van der Waals surface area contributed by atoms with Gasteiger partial charge in [0.2, 0.25) is 0 Å². The maximum absolute atomic E-state index is 4.96. The monoisotopic (exact) mass is 258 g/mol. The van der Waals surface area contributed by atoms with Gasteiger partial charge in [0.05, 0.1) is 0 Å². The molecule has 1 rings (SSSR count). The number of nitrogens with zero attached hydrogens (tertiary/aromatic N) is 2. The van der Waals surface area contributed by atoms with E-state index >= 15 is 0 Å². The Morgan fingerprint density at radius 2 is 1.80 bits per heavy atom. The summed E-state index contributed by atoms with van der Waals surface area (Å²) in [6.07, 6.45) is 2.58. The topological polar surface area (TPSA) is 38.0 Å². The largest absolute Gasteiger partial charge is 1.00 e. The number of thiocarbonyl (C=S) groups is 1. The fraction of sp³-hybridized carbons (Fsp3) is 0.889. The summed E-state index contributed by atoms with van der Waals surface area (Å²) >= 11 is 9.93. The molecule has 0 aromatic rings. The molecule has 0 aliphatic carbocycles. The second-order valence-corrected chi connectivity index (χ2v) is 4.48. The Morgan fingerprint density at radius 3 is 2.20 bits per heavy atom. The summed E-state index contributed by atoms with van der Waals surface area (Å²) in [6.45, 7) is 7.74. The number of unbranched alkanes of at least 4 members (excludes halogenated alkanes) is 1. The van der Waals surface area contributed by atoms with Crippen LogP contribution >= 0.6 is 12.2 Å². The summed E-state index contributed by atoms with van der Waals surface area (Å²) in [6, 6.07) is 0. The van der Waals surface area contributed by atoms with Crippen LogP contribution in [-0.4, -0.2) is 52.3 Å². The minimum absolute atomic E-state index is 0. The summed E-state index contributed by atoms with van der Waals surface area (Å²) in [5, 5.41) is 0. The average Bonchev–Trinajstić information content (AvgIpc) is 2.15. The van der Waals surface area contributed by atoms with Crippen molar-refractivity contribution in [2.24, 2.45) is 0 Å². The molecule has 0 spiro atoms. The fourth-order valence-corrected chi connectivity index (χ4v) is 1.90. The van der Waals surface area contributed by atoms with Gasteiger partial charge in [0.1, 0.15) is 0 Å². The van der Waals surface area contributed by atoms with Gasteiger partial charge in [-0.3, -0.25) is 4.90 Å². The van der Waals surface area contributed by atoms with Crippen LogP contribution in [-0.2, 0) is 12.6 Å². The molecule has 1 fully saturated rings. The van der Waals surface area contributed by atoms with Gasteiger partial charge in [0.25, 0.3) is 0 Å². The molecule has 15 heavy (non-hydrogen) atoms. The Balaban J connectivity index is 0. The predicted octanol–water partition coefficient (Wildman–Crippen LogP) is -2.58. The zero-order valence-corrected chi connectivity index (χ0v) is 13.3. The number of hydrogen-bond acceptors (Lipinski definition) is 3. The molecule has 3 nitrogen and oxygen atoms in total. The van der Waals surface area contributed by atoms with E-state index < -0.39 is 0 Å². The maximum atomic E-state index is 4.96. The summed E-state index contributed by atoms with van der Waals surface area (Å²) in [7, 11) is 0. The van der Waals surface area contributed by atoms with Crippen molar-refractivity contribution in [1.29, 1.82) is 0 Å². The van der Waals surface area contributed by atoms with Gasteiger partial charge in [-0.25, -0.2) is 0 Å². The molecule has 0 bridgehead atoms. The fourth-order valence-electron chi connectivity index (χ4n) is 1.54. The second kappa shape index (κ2) is 10.2. The van der Waals surface area contributed by atoms with E-state index in [-0.39, 0.29) is 35.0 Å². The van der Waals surface area contributed by atoms with E-state index in [2.05, 4.69) is 16.7 Å². The van der Waals surface area contributed by atoms with Crippen molar-refractivity contribution in [3.8, 4) is 0 Å². The van der Waals surface area contributed by atoms with Crippen molar-refractivity contribution < 1.29 is 35.0 Å². The Morgan fingerprint density at radius 1 is 1.27 bits per heavy atom. The minimum atomic E-state index is 0. The smallest absolute Gasteiger partial charge is 0.412 e. The van der Waals surface area contributed by atoms with Gasteiger partial charge >= 0.3 is 29.6 Å². The molecule has 0 atom stereocenters. The van der Waals surface area contributed by atoms with Gasteiger partial charge in [0, 0.05) is 26.2 Å². The molecule has 2 N–H and O–H groups in total. The Bertz CT molecular complexity index is 175. The number of piperazine rings is 1. The number of rotatable bonds is 3. The normalized spacial score (nSPS) is 16.5. The van der Waals surface area contributed by atoms with Gasteiger partial charge in [-0.05, 0) is 13.0 Å². The molecule has 1 aliphatic rings. The van der Waals surface area contributed by atoms with Crippen LogP contribution in [0.15, 0.2) is 0 Å². The second-order valence-electron chi connectivity index (χ2n) is 3.45. The van der Waals surface area contributed by atoms with Crippen molar-refractivity contribution in [2.75, 3.05) is 32.7 Å². The van der Waals surface area contributed by atoms with Gasteiger partial charge in [-0.2, -0.15) is 0 Å². The third kappa shape index (κ3) is 7.05. The molecule has 0 amide bonds. The molecule has 84 valence electrons. The minimum Gasteiger partial charge on any atom is -0.412 e. The molecule has 0 aromatic carbocycles. The molecule has 0 aromatic heterocycles. The quantitative estimate of drug-likeness (QED) is 0.316. The van der Waals surface area contributed by atoms with Crippen LogP contribution in [0.3, 0.4) is 0 Å². The molecule has 0 saturated carbocycles.